The molecule has 0 spiro atoms. The topological polar surface area (TPSA) is 70.9 Å². The summed E-state index contributed by atoms with van der Waals surface area (Å²) in [7, 11) is 0. The Hall–Kier alpha value is -3.08. The molecule has 0 aliphatic rings. The molecule has 0 saturated carbocycles. The fourth-order valence-corrected chi connectivity index (χ4v) is 2.29. The average molecular weight is 352 g/mol. The van der Waals surface area contributed by atoms with Gasteiger partial charge in [0.15, 0.2) is 0 Å². The first kappa shape index (κ1) is 19.2. The van der Waals surface area contributed by atoms with Crippen LogP contribution >= 0.6 is 0 Å². The van der Waals surface area contributed by atoms with Crippen molar-refractivity contribution in [3.8, 4) is 0 Å². The number of esters is 1. The summed E-state index contributed by atoms with van der Waals surface area (Å²) in [6, 6.07) is 15.2. The summed E-state index contributed by atoms with van der Waals surface area (Å²) in [6.45, 7) is 7.34. The molecule has 5 nitrogen and oxygen atoms in total. The molecular weight excluding hydrogens is 328 g/mol. The van der Waals surface area contributed by atoms with Gasteiger partial charge in [-0.05, 0) is 52.0 Å². The van der Waals surface area contributed by atoms with Crippen LogP contribution in [-0.2, 0) is 9.53 Å². The van der Waals surface area contributed by atoms with E-state index in [1.165, 1.54) is 6.92 Å². The molecule has 5 heteroatoms. The lowest BCUT2D eigenvalue weighted by Gasteiger charge is -2.14. The summed E-state index contributed by atoms with van der Waals surface area (Å²) in [6.07, 6.45) is 0. The third-order valence-electron chi connectivity index (χ3n) is 3.67. The summed E-state index contributed by atoms with van der Waals surface area (Å²) >= 11 is 0. The standard InChI is InChI=1S/C21H24N2O3/c1-5-26-21(25)19(16(4)24)20(22-17-10-6-14(2)7-11-17)23-18-12-8-15(3)9-13-18/h6-13,24H,5H2,1-4H3,(H,22,23). The third kappa shape index (κ3) is 5.21. The number of aliphatic hydroxyl groups is 1. The zero-order valence-corrected chi connectivity index (χ0v) is 15.5. The second-order valence-electron chi connectivity index (χ2n) is 5.97. The van der Waals surface area contributed by atoms with Gasteiger partial charge in [0.05, 0.1) is 12.3 Å². The number of carbonyl (C=O) groups excluding carboxylic acids is 1. The summed E-state index contributed by atoms with van der Waals surface area (Å²) in [4.78, 5) is 16.9. The van der Waals surface area contributed by atoms with Crippen molar-refractivity contribution in [1.82, 2.24) is 0 Å². The van der Waals surface area contributed by atoms with Crippen molar-refractivity contribution in [3.63, 3.8) is 0 Å². The Morgan fingerprint density at radius 2 is 1.58 bits per heavy atom. The number of allylic oxidation sites excluding steroid dienone is 1. The number of carbonyl (C=O) groups is 1. The number of hydrogen-bond acceptors (Lipinski definition) is 4. The van der Waals surface area contributed by atoms with Crippen LogP contribution < -0.4 is 5.32 Å². The Kier molecular flexibility index (Phi) is 6.55. The van der Waals surface area contributed by atoms with Gasteiger partial charge in [-0.2, -0.15) is 0 Å². The fraction of sp³-hybridized carbons (Fsp3) is 0.238. The molecule has 0 fully saturated rings. The van der Waals surface area contributed by atoms with Gasteiger partial charge in [0, 0.05) is 5.69 Å². The maximum absolute atomic E-state index is 12.4. The van der Waals surface area contributed by atoms with Gasteiger partial charge >= 0.3 is 5.97 Å². The van der Waals surface area contributed by atoms with Gasteiger partial charge < -0.3 is 15.2 Å². The number of hydrogen-bond donors (Lipinski definition) is 2. The minimum Gasteiger partial charge on any atom is -0.512 e. The lowest BCUT2D eigenvalue weighted by Crippen LogP contribution is -2.24. The molecule has 0 aliphatic heterocycles. The second kappa shape index (κ2) is 8.85. The Labute approximate surface area is 154 Å². The van der Waals surface area contributed by atoms with Crippen LogP contribution in [0.4, 0.5) is 11.4 Å². The molecular formula is C21H24N2O3. The Bertz CT molecular complexity index is 815. The highest BCUT2D eigenvalue weighted by Gasteiger charge is 2.21. The van der Waals surface area contributed by atoms with Crippen molar-refractivity contribution >= 4 is 23.2 Å². The summed E-state index contributed by atoms with van der Waals surface area (Å²) in [5.41, 5.74) is 3.65. The molecule has 0 unspecified atom stereocenters. The fourth-order valence-electron chi connectivity index (χ4n) is 2.29. The van der Waals surface area contributed by atoms with Crippen LogP contribution in [0.25, 0.3) is 0 Å². The van der Waals surface area contributed by atoms with Crippen LogP contribution in [-0.4, -0.2) is 23.5 Å². The average Bonchev–Trinajstić information content (AvgIpc) is 2.59. The molecule has 0 atom stereocenters. The summed E-state index contributed by atoms with van der Waals surface area (Å²) in [5.74, 6) is -0.553. The molecule has 2 N–H and O–H groups in total. The number of ether oxygens (including phenoxy) is 1. The van der Waals surface area contributed by atoms with E-state index in [2.05, 4.69) is 10.3 Å². The zero-order valence-electron chi connectivity index (χ0n) is 15.5. The van der Waals surface area contributed by atoms with Crippen LogP contribution in [0.3, 0.4) is 0 Å². The highest BCUT2D eigenvalue weighted by Crippen LogP contribution is 2.19. The van der Waals surface area contributed by atoms with Crippen molar-refractivity contribution in [3.05, 3.63) is 71.0 Å². The Balaban J connectivity index is 2.49. The Morgan fingerprint density at radius 3 is 2.08 bits per heavy atom. The van der Waals surface area contributed by atoms with E-state index in [-0.39, 0.29) is 23.8 Å². The molecule has 0 aromatic heterocycles. The van der Waals surface area contributed by atoms with Gasteiger partial charge in [0.25, 0.3) is 0 Å². The third-order valence-corrected chi connectivity index (χ3v) is 3.67. The first-order valence-electron chi connectivity index (χ1n) is 8.47. The number of aliphatic imine (C=N–C) groups is 1. The number of aliphatic hydroxyl groups excluding tert-OH is 1. The SMILES string of the molecule is CCOC(=O)C(C(=Nc1ccc(C)cc1)Nc1ccc(C)cc1)=C(C)O. The largest absolute Gasteiger partial charge is 0.512 e. The van der Waals surface area contributed by atoms with E-state index in [4.69, 9.17) is 4.74 Å². The first-order chi connectivity index (χ1) is 12.4. The van der Waals surface area contributed by atoms with Gasteiger partial charge in [-0.1, -0.05) is 35.4 Å². The number of nitrogens with one attached hydrogen (secondary N) is 1. The second-order valence-corrected chi connectivity index (χ2v) is 5.97. The normalized spacial score (nSPS) is 12.4. The van der Waals surface area contributed by atoms with E-state index in [1.54, 1.807) is 6.92 Å². The molecule has 0 radical (unpaired) electrons. The van der Waals surface area contributed by atoms with Crippen LogP contribution in [0.5, 0.6) is 0 Å². The predicted molar refractivity (Wildman–Crippen MR) is 105 cm³/mol. The Morgan fingerprint density at radius 1 is 1.04 bits per heavy atom. The molecule has 0 aliphatic carbocycles. The smallest absolute Gasteiger partial charge is 0.345 e. The molecule has 2 aromatic rings. The van der Waals surface area contributed by atoms with Gasteiger partial charge in [-0.25, -0.2) is 9.79 Å². The van der Waals surface area contributed by atoms with Crippen LogP contribution in [0.15, 0.2) is 64.9 Å². The van der Waals surface area contributed by atoms with Crippen LogP contribution in [0.1, 0.15) is 25.0 Å². The molecule has 0 heterocycles. The number of benzene rings is 2. The van der Waals surface area contributed by atoms with Gasteiger partial charge in [-0.15, -0.1) is 0 Å². The first-order valence-corrected chi connectivity index (χ1v) is 8.47. The zero-order chi connectivity index (χ0) is 19.1. The molecule has 0 amide bonds. The molecule has 2 rings (SSSR count). The number of nitrogens with zero attached hydrogens (tertiary/aromatic N) is 1. The van der Waals surface area contributed by atoms with Crippen molar-refractivity contribution in [2.24, 2.45) is 4.99 Å². The van der Waals surface area contributed by atoms with Crippen molar-refractivity contribution in [2.75, 3.05) is 11.9 Å². The van der Waals surface area contributed by atoms with Gasteiger partial charge in [0.1, 0.15) is 17.2 Å². The van der Waals surface area contributed by atoms with Crippen LogP contribution in [0, 0.1) is 13.8 Å². The van der Waals surface area contributed by atoms with Gasteiger partial charge in [0.2, 0.25) is 0 Å². The van der Waals surface area contributed by atoms with E-state index in [1.807, 2.05) is 62.4 Å². The molecule has 0 saturated heterocycles. The lowest BCUT2D eigenvalue weighted by molar-refractivity contribution is -0.138. The maximum atomic E-state index is 12.4. The number of aryl methyl sites for hydroxylation is 2. The van der Waals surface area contributed by atoms with Gasteiger partial charge in [-0.3, -0.25) is 0 Å². The highest BCUT2D eigenvalue weighted by molar-refractivity contribution is 6.24. The predicted octanol–water partition coefficient (Wildman–Crippen LogP) is 4.84. The number of amidine groups is 1. The molecule has 2 aromatic carbocycles. The highest BCUT2D eigenvalue weighted by atomic mass is 16.5. The van der Waals surface area contributed by atoms with E-state index >= 15 is 0 Å². The van der Waals surface area contributed by atoms with Crippen molar-refractivity contribution in [1.29, 1.82) is 0 Å². The lowest BCUT2D eigenvalue weighted by atomic mass is 10.1. The minimum absolute atomic E-state index is 0.00741. The monoisotopic (exact) mass is 352 g/mol. The minimum atomic E-state index is -0.627. The van der Waals surface area contributed by atoms with Crippen LogP contribution in [0.2, 0.25) is 0 Å². The summed E-state index contributed by atoms with van der Waals surface area (Å²) < 4.78 is 5.08. The van der Waals surface area contributed by atoms with Crippen molar-refractivity contribution < 1.29 is 14.6 Å². The molecule has 26 heavy (non-hydrogen) atoms. The van der Waals surface area contributed by atoms with E-state index < -0.39 is 5.97 Å². The van der Waals surface area contributed by atoms with E-state index in [9.17, 15) is 9.90 Å². The number of anilines is 1. The van der Waals surface area contributed by atoms with E-state index in [0.29, 0.717) is 5.69 Å². The molecule has 0 bridgehead atoms. The maximum Gasteiger partial charge on any atom is 0.345 e. The van der Waals surface area contributed by atoms with Crippen molar-refractivity contribution in [2.45, 2.75) is 27.7 Å². The summed E-state index contributed by atoms with van der Waals surface area (Å²) in [5, 5.41) is 13.2. The van der Waals surface area contributed by atoms with E-state index in [0.717, 1.165) is 16.8 Å². The quantitative estimate of drug-likeness (QED) is 0.265. The molecule has 136 valence electrons. The number of rotatable bonds is 5.